The lowest BCUT2D eigenvalue weighted by atomic mass is 10.2. The Kier molecular flexibility index (Phi) is 5.32. The highest BCUT2D eigenvalue weighted by Gasteiger charge is 2.15. The fourth-order valence-corrected chi connectivity index (χ4v) is 3.84. The van der Waals surface area contributed by atoms with Crippen molar-refractivity contribution >= 4 is 34.7 Å². The summed E-state index contributed by atoms with van der Waals surface area (Å²) < 4.78 is 2.04. The van der Waals surface area contributed by atoms with E-state index in [9.17, 15) is 4.79 Å². The van der Waals surface area contributed by atoms with Gasteiger partial charge in [-0.1, -0.05) is 30.0 Å². The van der Waals surface area contributed by atoms with Gasteiger partial charge in [-0.2, -0.15) is 0 Å². The van der Waals surface area contributed by atoms with Crippen molar-refractivity contribution in [1.82, 2.24) is 14.8 Å². The van der Waals surface area contributed by atoms with Crippen molar-refractivity contribution in [2.75, 3.05) is 11.1 Å². The molecule has 0 radical (unpaired) electrons. The van der Waals surface area contributed by atoms with Gasteiger partial charge < -0.3 is 9.88 Å². The van der Waals surface area contributed by atoms with Crippen molar-refractivity contribution in [2.24, 2.45) is 0 Å². The maximum Gasteiger partial charge on any atom is 0.234 e. The summed E-state index contributed by atoms with van der Waals surface area (Å²) in [7, 11) is 0. The zero-order valence-corrected chi connectivity index (χ0v) is 15.2. The molecule has 0 bridgehead atoms. The number of aromatic nitrogens is 3. The van der Waals surface area contributed by atoms with Gasteiger partial charge in [-0.05, 0) is 43.0 Å². The highest BCUT2D eigenvalue weighted by Crippen LogP contribution is 2.27. The molecule has 5 nitrogen and oxygen atoms in total. The van der Waals surface area contributed by atoms with E-state index in [1.54, 1.807) is 11.3 Å². The maximum absolute atomic E-state index is 12.1. The second-order valence-corrected chi connectivity index (χ2v) is 7.12. The molecule has 2 aromatic heterocycles. The van der Waals surface area contributed by atoms with Crippen LogP contribution in [0.2, 0.25) is 0 Å². The van der Waals surface area contributed by atoms with Crippen LogP contribution in [0.25, 0.3) is 10.7 Å². The molecule has 7 heteroatoms. The molecule has 3 aromatic rings. The highest BCUT2D eigenvalue weighted by atomic mass is 32.2. The van der Waals surface area contributed by atoms with Crippen molar-refractivity contribution in [1.29, 1.82) is 0 Å². The molecule has 0 saturated carbocycles. The number of rotatable bonds is 6. The van der Waals surface area contributed by atoms with E-state index < -0.39 is 0 Å². The van der Waals surface area contributed by atoms with E-state index in [1.807, 2.05) is 53.3 Å². The second kappa shape index (κ2) is 7.63. The molecule has 1 N–H and O–H groups in total. The SMILES string of the molecule is CCn1c(SCC(=O)Nc2cccc(C)c2)nnc1-c1cccs1. The molecule has 1 amide bonds. The Morgan fingerprint density at radius 1 is 1.29 bits per heavy atom. The zero-order valence-electron chi connectivity index (χ0n) is 13.5. The van der Waals surface area contributed by atoms with Crippen molar-refractivity contribution in [3.8, 4) is 10.7 Å². The van der Waals surface area contributed by atoms with Crippen molar-refractivity contribution in [3.05, 3.63) is 47.3 Å². The smallest absolute Gasteiger partial charge is 0.234 e. The van der Waals surface area contributed by atoms with Gasteiger partial charge in [-0.25, -0.2) is 0 Å². The normalized spacial score (nSPS) is 10.8. The van der Waals surface area contributed by atoms with Gasteiger partial charge in [-0.3, -0.25) is 4.79 Å². The first-order valence-corrected chi connectivity index (χ1v) is 9.50. The van der Waals surface area contributed by atoms with Crippen LogP contribution in [-0.4, -0.2) is 26.4 Å². The van der Waals surface area contributed by atoms with E-state index in [4.69, 9.17) is 0 Å². The Bertz CT molecular complexity index is 827. The van der Waals surface area contributed by atoms with Crippen molar-refractivity contribution in [3.63, 3.8) is 0 Å². The number of thiophene rings is 1. The van der Waals surface area contributed by atoms with Gasteiger partial charge in [-0.15, -0.1) is 21.5 Å². The number of nitrogens with one attached hydrogen (secondary N) is 1. The van der Waals surface area contributed by atoms with Gasteiger partial charge in [0.25, 0.3) is 0 Å². The maximum atomic E-state index is 12.1. The van der Waals surface area contributed by atoms with Crippen LogP contribution in [0.15, 0.2) is 46.9 Å². The van der Waals surface area contributed by atoms with Gasteiger partial charge in [0, 0.05) is 12.2 Å². The summed E-state index contributed by atoms with van der Waals surface area (Å²) in [5.41, 5.74) is 1.93. The van der Waals surface area contributed by atoms with Crippen LogP contribution in [0.5, 0.6) is 0 Å². The minimum Gasteiger partial charge on any atom is -0.325 e. The van der Waals surface area contributed by atoms with Gasteiger partial charge in [0.05, 0.1) is 10.6 Å². The molecule has 0 spiro atoms. The second-order valence-electron chi connectivity index (χ2n) is 5.23. The summed E-state index contributed by atoms with van der Waals surface area (Å²) in [5, 5.41) is 14.2. The Labute approximate surface area is 149 Å². The average Bonchev–Trinajstić information content (AvgIpc) is 3.21. The quantitative estimate of drug-likeness (QED) is 0.675. The topological polar surface area (TPSA) is 59.8 Å². The number of carbonyl (C=O) groups is 1. The summed E-state index contributed by atoms with van der Waals surface area (Å²) >= 11 is 3.04. The minimum atomic E-state index is -0.0473. The third-order valence-corrected chi connectivity index (χ3v) is 5.24. The van der Waals surface area contributed by atoms with E-state index >= 15 is 0 Å². The Hall–Kier alpha value is -2.12. The van der Waals surface area contributed by atoms with Crippen LogP contribution in [-0.2, 0) is 11.3 Å². The molecule has 0 unspecified atom stereocenters. The third-order valence-electron chi connectivity index (χ3n) is 3.41. The number of carbonyl (C=O) groups excluding carboxylic acids is 1. The Morgan fingerprint density at radius 3 is 2.88 bits per heavy atom. The fourth-order valence-electron chi connectivity index (χ4n) is 2.32. The van der Waals surface area contributed by atoms with Crippen LogP contribution in [0.3, 0.4) is 0 Å². The molecule has 0 fully saturated rings. The lowest BCUT2D eigenvalue weighted by molar-refractivity contribution is -0.113. The molecule has 3 rings (SSSR count). The van der Waals surface area contributed by atoms with Gasteiger partial charge in [0.2, 0.25) is 5.91 Å². The summed E-state index contributed by atoms with van der Waals surface area (Å²) in [6.45, 7) is 4.82. The molecule has 0 aliphatic rings. The summed E-state index contributed by atoms with van der Waals surface area (Å²) in [6, 6.07) is 11.8. The van der Waals surface area contributed by atoms with Gasteiger partial charge >= 0.3 is 0 Å². The van der Waals surface area contributed by atoms with E-state index in [1.165, 1.54) is 11.8 Å². The molecule has 0 aliphatic heterocycles. The Morgan fingerprint density at radius 2 is 2.17 bits per heavy atom. The van der Waals surface area contributed by atoms with Crippen LogP contribution >= 0.6 is 23.1 Å². The van der Waals surface area contributed by atoms with E-state index in [0.29, 0.717) is 5.75 Å². The van der Waals surface area contributed by atoms with Crippen molar-refractivity contribution < 1.29 is 4.79 Å². The predicted octanol–water partition coefficient (Wildman–Crippen LogP) is 4.07. The molecule has 0 aliphatic carbocycles. The van der Waals surface area contributed by atoms with Crippen LogP contribution in [0.4, 0.5) is 5.69 Å². The molecular formula is C17H18N4OS2. The summed E-state index contributed by atoms with van der Waals surface area (Å²) in [4.78, 5) is 13.2. The molecule has 1 aromatic carbocycles. The summed E-state index contributed by atoms with van der Waals surface area (Å²) in [6.07, 6.45) is 0. The lowest BCUT2D eigenvalue weighted by Crippen LogP contribution is -2.14. The first kappa shape index (κ1) is 16.7. The highest BCUT2D eigenvalue weighted by molar-refractivity contribution is 7.99. The number of aryl methyl sites for hydroxylation is 1. The van der Waals surface area contributed by atoms with Gasteiger partial charge in [0.15, 0.2) is 11.0 Å². The number of nitrogens with zero attached hydrogens (tertiary/aromatic N) is 3. The molecular weight excluding hydrogens is 340 g/mol. The van der Waals surface area contributed by atoms with Crippen LogP contribution in [0, 0.1) is 6.92 Å². The monoisotopic (exact) mass is 358 g/mol. The van der Waals surface area contributed by atoms with E-state index in [0.717, 1.165) is 33.7 Å². The number of amides is 1. The lowest BCUT2D eigenvalue weighted by Gasteiger charge is -2.07. The molecule has 0 atom stereocenters. The zero-order chi connectivity index (χ0) is 16.9. The number of benzene rings is 1. The number of hydrogen-bond donors (Lipinski definition) is 1. The average molecular weight is 358 g/mol. The number of hydrogen-bond acceptors (Lipinski definition) is 5. The van der Waals surface area contributed by atoms with Crippen LogP contribution in [0.1, 0.15) is 12.5 Å². The standard InChI is InChI=1S/C17H18N4OS2/c1-3-21-16(14-8-5-9-23-14)19-20-17(21)24-11-15(22)18-13-7-4-6-12(2)10-13/h4-10H,3,11H2,1-2H3,(H,18,22). The first-order chi connectivity index (χ1) is 11.7. The van der Waals surface area contributed by atoms with Crippen LogP contribution < -0.4 is 5.32 Å². The van der Waals surface area contributed by atoms with E-state index in [2.05, 4.69) is 22.4 Å². The molecule has 0 saturated heterocycles. The van der Waals surface area contributed by atoms with E-state index in [-0.39, 0.29) is 5.91 Å². The molecule has 24 heavy (non-hydrogen) atoms. The fraction of sp³-hybridized carbons (Fsp3) is 0.235. The summed E-state index contributed by atoms with van der Waals surface area (Å²) in [5.74, 6) is 1.11. The third kappa shape index (κ3) is 3.85. The Balaban J connectivity index is 1.65. The molecule has 2 heterocycles. The largest absolute Gasteiger partial charge is 0.325 e. The predicted molar refractivity (Wildman–Crippen MR) is 99.5 cm³/mol. The first-order valence-electron chi connectivity index (χ1n) is 7.63. The minimum absolute atomic E-state index is 0.0473. The van der Waals surface area contributed by atoms with Crippen molar-refractivity contribution in [2.45, 2.75) is 25.5 Å². The molecule has 124 valence electrons. The number of anilines is 1. The number of thioether (sulfide) groups is 1. The van der Waals surface area contributed by atoms with Gasteiger partial charge in [0.1, 0.15) is 0 Å².